The van der Waals surface area contributed by atoms with Gasteiger partial charge in [0.15, 0.2) is 6.61 Å². The number of para-hydroxylation sites is 1. The van der Waals surface area contributed by atoms with Gasteiger partial charge in [0.05, 0.1) is 22.7 Å². The normalized spacial score (nSPS) is 14.8. The van der Waals surface area contributed by atoms with E-state index in [9.17, 15) is 14.9 Å². The average molecular weight is 464 g/mol. The number of carbonyl (C=O) groups excluding carboxylic acids is 2. The number of hydrogen-bond acceptors (Lipinski definition) is 7. The second-order valence-electron chi connectivity index (χ2n) is 7.24. The molecule has 1 atom stereocenters. The van der Waals surface area contributed by atoms with Crippen LogP contribution in [0.5, 0.6) is 11.6 Å². The predicted octanol–water partition coefficient (Wildman–Crippen LogP) is 2.88. The van der Waals surface area contributed by atoms with Gasteiger partial charge in [0.1, 0.15) is 17.4 Å². The number of allylic oxidation sites excluding steroid dienone is 1. The van der Waals surface area contributed by atoms with Crippen LogP contribution in [0.3, 0.4) is 0 Å². The first-order valence-electron chi connectivity index (χ1n) is 9.79. The molecule has 9 nitrogen and oxygen atoms in total. The van der Waals surface area contributed by atoms with E-state index in [-0.39, 0.29) is 28.6 Å². The highest BCUT2D eigenvalue weighted by atomic mass is 35.5. The summed E-state index contributed by atoms with van der Waals surface area (Å²) in [5, 5.41) is 14.6. The molecule has 4 N–H and O–H groups in total. The van der Waals surface area contributed by atoms with E-state index in [0.29, 0.717) is 16.3 Å². The number of halogens is 1. The molecule has 0 aliphatic carbocycles. The van der Waals surface area contributed by atoms with Crippen LogP contribution in [-0.2, 0) is 0 Å². The molecular weight excluding hydrogens is 446 g/mol. The van der Waals surface area contributed by atoms with Crippen LogP contribution in [0.15, 0.2) is 60.0 Å². The molecule has 1 aromatic heterocycles. The van der Waals surface area contributed by atoms with Crippen molar-refractivity contribution in [3.8, 4) is 17.7 Å². The molecule has 4 rings (SSSR count). The van der Waals surface area contributed by atoms with Crippen molar-refractivity contribution in [2.45, 2.75) is 12.8 Å². The third-order valence-corrected chi connectivity index (χ3v) is 5.43. The molecule has 0 saturated heterocycles. The van der Waals surface area contributed by atoms with Gasteiger partial charge in [-0.05, 0) is 36.8 Å². The first kappa shape index (κ1) is 21.9. The third-order valence-electron chi connectivity index (χ3n) is 5.18. The van der Waals surface area contributed by atoms with Crippen molar-refractivity contribution in [1.29, 1.82) is 5.26 Å². The van der Waals surface area contributed by atoms with Crippen molar-refractivity contribution in [3.05, 3.63) is 87.4 Å². The standard InChI is InChI=1S/C23H18ClN5O4/c1-12-19-20(13-6-8-14(24)9-7-13)16(10-25)22(27)33-23(19)29(28-12)18(30)11-32-17-5-3-2-4-15(17)21(26)31/h2-9,20H,11,27H2,1H3,(H2,26,31). The van der Waals surface area contributed by atoms with Gasteiger partial charge in [-0.25, -0.2) is 0 Å². The van der Waals surface area contributed by atoms with Crippen molar-refractivity contribution >= 4 is 23.4 Å². The molecule has 0 bridgehead atoms. The van der Waals surface area contributed by atoms with Gasteiger partial charge >= 0.3 is 0 Å². The number of nitrogens with two attached hydrogens (primary N) is 2. The summed E-state index contributed by atoms with van der Waals surface area (Å²) in [6.45, 7) is 1.26. The van der Waals surface area contributed by atoms with Crippen LogP contribution < -0.4 is 20.9 Å². The van der Waals surface area contributed by atoms with Gasteiger partial charge in [-0.15, -0.1) is 0 Å². The molecule has 3 aromatic rings. The minimum atomic E-state index is -0.679. The fraction of sp³-hybridized carbons (Fsp3) is 0.130. The molecule has 0 fully saturated rings. The van der Waals surface area contributed by atoms with Gasteiger partial charge < -0.3 is 20.9 Å². The molecular formula is C23H18ClN5O4. The van der Waals surface area contributed by atoms with Crippen LogP contribution in [0.25, 0.3) is 0 Å². The topological polar surface area (TPSA) is 146 Å². The Hall–Kier alpha value is -4.29. The first-order valence-corrected chi connectivity index (χ1v) is 10.2. The van der Waals surface area contributed by atoms with E-state index >= 15 is 0 Å². The van der Waals surface area contributed by atoms with Crippen LogP contribution in [0.1, 0.15) is 37.9 Å². The molecule has 1 unspecified atom stereocenters. The van der Waals surface area contributed by atoms with Gasteiger partial charge in [-0.2, -0.15) is 15.0 Å². The monoisotopic (exact) mass is 463 g/mol. The Morgan fingerprint density at radius 2 is 1.94 bits per heavy atom. The molecule has 10 heteroatoms. The number of rotatable bonds is 5. The lowest BCUT2D eigenvalue weighted by molar-refractivity contribution is 0.0804. The van der Waals surface area contributed by atoms with Gasteiger partial charge in [0, 0.05) is 5.02 Å². The lowest BCUT2D eigenvalue weighted by Crippen LogP contribution is -2.26. The number of amides is 1. The highest BCUT2D eigenvalue weighted by Gasteiger charge is 2.37. The smallest absolute Gasteiger partial charge is 0.287 e. The SMILES string of the molecule is Cc1nn(C(=O)COc2ccccc2C(N)=O)c2c1C(c1ccc(Cl)cc1)C(C#N)=C(N)O2. The summed E-state index contributed by atoms with van der Waals surface area (Å²) in [6.07, 6.45) is 0. The number of carbonyl (C=O) groups is 2. The zero-order valence-corrected chi connectivity index (χ0v) is 18.2. The quantitative estimate of drug-likeness (QED) is 0.591. The summed E-state index contributed by atoms with van der Waals surface area (Å²) in [6, 6.07) is 15.4. The van der Waals surface area contributed by atoms with E-state index in [1.54, 1.807) is 43.3 Å². The van der Waals surface area contributed by atoms with E-state index in [1.165, 1.54) is 12.1 Å². The average Bonchev–Trinajstić information content (AvgIpc) is 3.13. The van der Waals surface area contributed by atoms with Crippen LogP contribution in [0, 0.1) is 18.3 Å². The fourth-order valence-corrected chi connectivity index (χ4v) is 3.79. The summed E-state index contributed by atoms with van der Waals surface area (Å²) in [7, 11) is 0. The van der Waals surface area contributed by atoms with Crippen LogP contribution in [0.2, 0.25) is 5.02 Å². The first-order chi connectivity index (χ1) is 15.8. The van der Waals surface area contributed by atoms with E-state index in [2.05, 4.69) is 11.2 Å². The number of primary amides is 1. The fourth-order valence-electron chi connectivity index (χ4n) is 3.67. The maximum atomic E-state index is 13.0. The summed E-state index contributed by atoms with van der Waals surface area (Å²) in [5.41, 5.74) is 13.5. The maximum absolute atomic E-state index is 13.0. The molecule has 0 radical (unpaired) electrons. The van der Waals surface area contributed by atoms with Crippen molar-refractivity contribution < 1.29 is 19.1 Å². The number of hydrogen-bond donors (Lipinski definition) is 2. The highest BCUT2D eigenvalue weighted by molar-refractivity contribution is 6.30. The second-order valence-corrected chi connectivity index (χ2v) is 7.67. The zero-order chi connectivity index (χ0) is 23.7. The van der Waals surface area contributed by atoms with Gasteiger partial charge in [0.25, 0.3) is 11.8 Å². The summed E-state index contributed by atoms with van der Waals surface area (Å²) < 4.78 is 12.2. The largest absolute Gasteiger partial charge is 0.483 e. The lowest BCUT2D eigenvalue weighted by Gasteiger charge is -2.24. The molecule has 1 amide bonds. The Bertz CT molecular complexity index is 1340. The van der Waals surface area contributed by atoms with Crippen molar-refractivity contribution in [1.82, 2.24) is 9.78 Å². The molecule has 33 heavy (non-hydrogen) atoms. The summed E-state index contributed by atoms with van der Waals surface area (Å²) in [5.74, 6) is -1.70. The van der Waals surface area contributed by atoms with E-state index in [1.807, 2.05) is 0 Å². The molecule has 2 heterocycles. The Morgan fingerprint density at radius 1 is 1.24 bits per heavy atom. The predicted molar refractivity (Wildman–Crippen MR) is 119 cm³/mol. The van der Waals surface area contributed by atoms with Gasteiger partial charge in [-0.1, -0.05) is 35.9 Å². The molecule has 2 aromatic carbocycles. The van der Waals surface area contributed by atoms with Crippen LogP contribution >= 0.6 is 11.6 Å². The van der Waals surface area contributed by atoms with Crippen molar-refractivity contribution in [2.24, 2.45) is 11.5 Å². The third kappa shape index (κ3) is 4.00. The number of fused-ring (bicyclic) bond motifs is 1. The van der Waals surface area contributed by atoms with Gasteiger partial charge in [-0.3, -0.25) is 9.59 Å². The molecule has 1 aliphatic heterocycles. The van der Waals surface area contributed by atoms with E-state index < -0.39 is 24.3 Å². The lowest BCUT2D eigenvalue weighted by atomic mass is 9.84. The Morgan fingerprint density at radius 3 is 2.61 bits per heavy atom. The highest BCUT2D eigenvalue weighted by Crippen LogP contribution is 2.43. The Kier molecular flexibility index (Phi) is 5.77. The number of aryl methyl sites for hydroxylation is 1. The number of nitrogens with zero attached hydrogens (tertiary/aromatic N) is 3. The van der Waals surface area contributed by atoms with Crippen molar-refractivity contribution in [3.63, 3.8) is 0 Å². The number of ether oxygens (including phenoxy) is 2. The van der Waals surface area contributed by atoms with E-state index in [0.717, 1.165) is 10.2 Å². The number of aromatic nitrogens is 2. The Labute approximate surface area is 193 Å². The minimum absolute atomic E-state index is 0.0979. The molecule has 166 valence electrons. The number of benzene rings is 2. The van der Waals surface area contributed by atoms with E-state index in [4.69, 9.17) is 32.5 Å². The van der Waals surface area contributed by atoms with Crippen LogP contribution in [-0.4, -0.2) is 28.2 Å². The van der Waals surface area contributed by atoms with Gasteiger partial charge in [0.2, 0.25) is 11.8 Å². The molecule has 0 saturated carbocycles. The Balaban J connectivity index is 1.70. The number of nitriles is 1. The summed E-state index contributed by atoms with van der Waals surface area (Å²) in [4.78, 5) is 24.6. The minimum Gasteiger partial charge on any atom is -0.483 e. The second kappa shape index (κ2) is 8.68. The zero-order valence-electron chi connectivity index (χ0n) is 17.4. The molecule has 1 aliphatic rings. The molecule has 0 spiro atoms. The maximum Gasteiger partial charge on any atom is 0.287 e. The van der Waals surface area contributed by atoms with Crippen LogP contribution in [0.4, 0.5) is 0 Å². The summed E-state index contributed by atoms with van der Waals surface area (Å²) >= 11 is 6.01. The van der Waals surface area contributed by atoms with Crippen molar-refractivity contribution in [2.75, 3.05) is 6.61 Å².